The molecule has 0 radical (unpaired) electrons. The van der Waals surface area contributed by atoms with Gasteiger partial charge in [-0.1, -0.05) is 50.6 Å². The molecule has 1 atom stereocenters. The summed E-state index contributed by atoms with van der Waals surface area (Å²) in [5, 5.41) is 9.85. The lowest BCUT2D eigenvalue weighted by molar-refractivity contribution is 0.311. The van der Waals surface area contributed by atoms with E-state index in [-0.39, 0.29) is 0 Å². The average molecular weight is 225 g/mol. The van der Waals surface area contributed by atoms with Crippen LogP contribution in [0, 0.1) is 5.92 Å². The lowest BCUT2D eigenvalue weighted by Crippen LogP contribution is -1.81. The molecule has 0 aliphatic rings. The molecule has 0 amide bonds. The van der Waals surface area contributed by atoms with E-state index in [1.807, 2.05) is 12.2 Å². The molecule has 0 bridgehead atoms. The average Bonchev–Trinajstić information content (AvgIpc) is 2.32. The predicted octanol–water partition coefficient (Wildman–Crippen LogP) is 2.37. The molecule has 0 aromatic heterocycles. The van der Waals surface area contributed by atoms with Gasteiger partial charge in [0, 0.05) is 6.21 Å². The van der Waals surface area contributed by atoms with Crippen molar-refractivity contribution in [2.75, 3.05) is 0 Å². The highest BCUT2D eigenvalue weighted by atomic mass is 16.4. The number of nitrogens with two attached hydrogens (primary N) is 2. The zero-order valence-electron chi connectivity index (χ0n) is 10.1. The molecule has 5 N–H and O–H groups in total. The van der Waals surface area contributed by atoms with Crippen molar-refractivity contribution in [3.63, 3.8) is 0 Å². The van der Waals surface area contributed by atoms with Crippen LogP contribution < -0.4 is 11.7 Å². The molecule has 0 aromatic carbocycles. The molecule has 16 heavy (non-hydrogen) atoms. The van der Waals surface area contributed by atoms with E-state index in [1.54, 1.807) is 12.3 Å². The Morgan fingerprint density at radius 3 is 2.44 bits per heavy atom. The van der Waals surface area contributed by atoms with Crippen molar-refractivity contribution >= 4 is 6.21 Å². The standard InChI is InChI=1S/C12H20N2.H3NO/c1-3-4-6-9-12(2)10-7-5-8-11-14-13;1-2/h5-12H,3-4,13H2,1-2H3;2H,1H2/b8-5+,9-6+,10-7+,14-11+;/t12-;/m0./s1. The molecule has 0 unspecified atom stereocenters. The van der Waals surface area contributed by atoms with Crippen LogP contribution in [0.15, 0.2) is 41.6 Å². The summed E-state index contributed by atoms with van der Waals surface area (Å²) in [6.07, 6.45) is 16.2. The van der Waals surface area contributed by atoms with Gasteiger partial charge >= 0.3 is 0 Å². The molecular formula is C12H23N3O. The molecule has 0 aromatic rings. The van der Waals surface area contributed by atoms with Crippen LogP contribution in [0.4, 0.5) is 0 Å². The summed E-state index contributed by atoms with van der Waals surface area (Å²) in [7, 11) is 0. The Balaban J connectivity index is 0. The summed E-state index contributed by atoms with van der Waals surface area (Å²) in [5.41, 5.74) is 0. The third-order valence-electron chi connectivity index (χ3n) is 1.70. The van der Waals surface area contributed by atoms with Crippen LogP contribution in [0.1, 0.15) is 26.7 Å². The summed E-state index contributed by atoms with van der Waals surface area (Å²) in [4.78, 5) is 0. The summed E-state index contributed by atoms with van der Waals surface area (Å²) in [6, 6.07) is 0. The maximum Gasteiger partial charge on any atom is 0.0465 e. The van der Waals surface area contributed by atoms with Gasteiger partial charge in [-0.15, -0.1) is 0 Å². The summed E-state index contributed by atoms with van der Waals surface area (Å²) in [6.45, 7) is 4.34. The van der Waals surface area contributed by atoms with Gasteiger partial charge in [-0.05, 0) is 18.4 Å². The zero-order valence-corrected chi connectivity index (χ0v) is 10.1. The fraction of sp³-hybridized carbons (Fsp3) is 0.417. The molecule has 0 aliphatic heterocycles. The van der Waals surface area contributed by atoms with E-state index in [1.165, 1.54) is 6.42 Å². The fourth-order valence-corrected chi connectivity index (χ4v) is 0.945. The third kappa shape index (κ3) is 15.1. The van der Waals surface area contributed by atoms with Gasteiger partial charge in [0.25, 0.3) is 0 Å². The lowest BCUT2D eigenvalue weighted by Gasteiger charge is -1.95. The lowest BCUT2D eigenvalue weighted by atomic mass is 10.1. The van der Waals surface area contributed by atoms with Crippen molar-refractivity contribution in [3.8, 4) is 0 Å². The summed E-state index contributed by atoms with van der Waals surface area (Å²) in [5.74, 6) is 8.92. The van der Waals surface area contributed by atoms with Gasteiger partial charge in [0.1, 0.15) is 0 Å². The molecule has 0 heterocycles. The van der Waals surface area contributed by atoms with Crippen molar-refractivity contribution < 1.29 is 5.21 Å². The Labute approximate surface area is 98.0 Å². The molecule has 0 aliphatic carbocycles. The monoisotopic (exact) mass is 225 g/mol. The maximum atomic E-state index is 6.50. The highest BCUT2D eigenvalue weighted by molar-refractivity contribution is 5.70. The molecule has 4 nitrogen and oxygen atoms in total. The van der Waals surface area contributed by atoms with Gasteiger partial charge in [-0.25, -0.2) is 5.90 Å². The first-order chi connectivity index (χ1) is 7.81. The molecule has 4 heteroatoms. The van der Waals surface area contributed by atoms with Crippen LogP contribution in [0.5, 0.6) is 0 Å². The van der Waals surface area contributed by atoms with Gasteiger partial charge in [0.15, 0.2) is 0 Å². The normalized spacial score (nSPS) is 13.8. The van der Waals surface area contributed by atoms with Gasteiger partial charge in [-0.2, -0.15) is 5.10 Å². The van der Waals surface area contributed by atoms with Crippen LogP contribution in [0.2, 0.25) is 0 Å². The molecule has 0 spiro atoms. The minimum absolute atomic E-state index is 0.487. The quantitative estimate of drug-likeness (QED) is 0.213. The molecule has 0 fully saturated rings. The SMILES string of the molecule is CCC/C=C/[C@H](C)/C=C/C=C/C=N/N.NO. The number of hydrogen-bond acceptors (Lipinski definition) is 4. The minimum Gasteiger partial charge on any atom is -0.323 e. The largest absolute Gasteiger partial charge is 0.323 e. The number of rotatable bonds is 6. The van der Waals surface area contributed by atoms with Crippen LogP contribution in [0.25, 0.3) is 0 Å². The molecular weight excluding hydrogens is 202 g/mol. The molecule has 92 valence electrons. The van der Waals surface area contributed by atoms with Crippen LogP contribution >= 0.6 is 0 Å². The molecule has 0 saturated carbocycles. The first-order valence-corrected chi connectivity index (χ1v) is 5.30. The highest BCUT2D eigenvalue weighted by Crippen LogP contribution is 2.01. The van der Waals surface area contributed by atoms with E-state index in [0.717, 1.165) is 6.42 Å². The van der Waals surface area contributed by atoms with Crippen molar-refractivity contribution in [2.24, 2.45) is 22.8 Å². The second-order valence-electron chi connectivity index (χ2n) is 3.14. The van der Waals surface area contributed by atoms with E-state index in [2.05, 4.69) is 43.1 Å². The number of allylic oxidation sites excluding steroid dienone is 6. The maximum absolute atomic E-state index is 6.50. The topological polar surface area (TPSA) is 84.6 Å². The van der Waals surface area contributed by atoms with Gasteiger partial charge in [-0.3, -0.25) is 0 Å². The van der Waals surface area contributed by atoms with Crippen molar-refractivity contribution in [3.05, 3.63) is 36.5 Å². The van der Waals surface area contributed by atoms with Crippen LogP contribution in [0.3, 0.4) is 0 Å². The minimum atomic E-state index is 0.487. The van der Waals surface area contributed by atoms with E-state index in [4.69, 9.17) is 11.0 Å². The Bertz CT molecular complexity index is 232. The second kappa shape index (κ2) is 16.1. The number of unbranched alkanes of at least 4 members (excludes halogenated alkanes) is 1. The first kappa shape index (κ1) is 17.0. The van der Waals surface area contributed by atoms with Crippen molar-refractivity contribution in [2.45, 2.75) is 26.7 Å². The van der Waals surface area contributed by atoms with Gasteiger partial charge in [0.2, 0.25) is 0 Å². The van der Waals surface area contributed by atoms with E-state index < -0.39 is 0 Å². The van der Waals surface area contributed by atoms with Crippen molar-refractivity contribution in [1.29, 1.82) is 0 Å². The molecule has 0 rings (SSSR count). The Morgan fingerprint density at radius 2 is 1.88 bits per heavy atom. The summed E-state index contributed by atoms with van der Waals surface area (Å²) < 4.78 is 0. The third-order valence-corrected chi connectivity index (χ3v) is 1.70. The fourth-order valence-electron chi connectivity index (χ4n) is 0.945. The smallest absolute Gasteiger partial charge is 0.0465 e. The van der Waals surface area contributed by atoms with Crippen LogP contribution in [-0.4, -0.2) is 11.4 Å². The van der Waals surface area contributed by atoms with E-state index in [9.17, 15) is 0 Å². The van der Waals surface area contributed by atoms with E-state index in [0.29, 0.717) is 5.92 Å². The van der Waals surface area contributed by atoms with Crippen molar-refractivity contribution in [1.82, 2.24) is 0 Å². The number of hydrogen-bond donors (Lipinski definition) is 3. The Kier molecular flexibility index (Phi) is 17.1. The van der Waals surface area contributed by atoms with E-state index >= 15 is 0 Å². The Hall–Kier alpha value is -1.39. The highest BCUT2D eigenvalue weighted by Gasteiger charge is 1.86. The summed E-state index contributed by atoms with van der Waals surface area (Å²) >= 11 is 0. The Morgan fingerprint density at radius 1 is 1.19 bits per heavy atom. The number of hydrazone groups is 1. The second-order valence-corrected chi connectivity index (χ2v) is 3.14. The van der Waals surface area contributed by atoms with Gasteiger partial charge in [0.05, 0.1) is 0 Å². The predicted molar refractivity (Wildman–Crippen MR) is 70.1 cm³/mol. The van der Waals surface area contributed by atoms with Gasteiger partial charge < -0.3 is 11.0 Å². The zero-order chi connectivity index (χ0) is 12.6. The number of nitrogens with zero attached hydrogens (tertiary/aromatic N) is 1. The first-order valence-electron chi connectivity index (χ1n) is 5.30. The molecule has 0 saturated heterocycles. The van der Waals surface area contributed by atoms with Crippen LogP contribution in [-0.2, 0) is 0 Å².